The quantitative estimate of drug-likeness (QED) is 0.775. The summed E-state index contributed by atoms with van der Waals surface area (Å²) in [6.45, 7) is 6.82. The van der Waals surface area contributed by atoms with Crippen LogP contribution in [0.4, 0.5) is 16.2 Å². The van der Waals surface area contributed by atoms with Gasteiger partial charge in [-0.25, -0.2) is 9.78 Å². The summed E-state index contributed by atoms with van der Waals surface area (Å²) in [6, 6.07) is 3.55. The lowest BCUT2D eigenvalue weighted by Gasteiger charge is -2.35. The van der Waals surface area contributed by atoms with Crippen LogP contribution in [-0.2, 0) is 4.74 Å². The van der Waals surface area contributed by atoms with Crippen molar-refractivity contribution in [1.82, 2.24) is 14.9 Å². The van der Waals surface area contributed by atoms with Crippen molar-refractivity contribution >= 4 is 40.1 Å². The average Bonchev–Trinajstić information content (AvgIpc) is 2.56. The second-order valence-electron chi connectivity index (χ2n) is 7.50. The zero-order chi connectivity index (χ0) is 18.9. The number of carbonyl (C=O) groups is 1. The first-order chi connectivity index (χ1) is 12.2. The highest BCUT2D eigenvalue weighted by Crippen LogP contribution is 2.29. The van der Waals surface area contributed by atoms with Crippen LogP contribution in [0.3, 0.4) is 0 Å². The lowest BCUT2D eigenvalue weighted by molar-refractivity contribution is 0.0206. The molecule has 0 aliphatic carbocycles. The molecule has 140 valence electrons. The number of nitrogens with two attached hydrogens (primary N) is 1. The summed E-state index contributed by atoms with van der Waals surface area (Å²) in [5.74, 6) is 0. The van der Waals surface area contributed by atoms with Crippen molar-refractivity contribution in [1.29, 1.82) is 0 Å². The van der Waals surface area contributed by atoms with E-state index in [1.54, 1.807) is 17.2 Å². The Balaban J connectivity index is 1.79. The maximum atomic E-state index is 12.3. The molecule has 3 rings (SSSR count). The van der Waals surface area contributed by atoms with Gasteiger partial charge in [0.1, 0.15) is 16.3 Å². The summed E-state index contributed by atoms with van der Waals surface area (Å²) in [7, 11) is 0. The molecule has 0 spiro atoms. The number of pyridine rings is 2. The lowest BCUT2D eigenvalue weighted by atomic mass is 10.1. The molecule has 2 aromatic rings. The number of hydrogen-bond donors (Lipinski definition) is 2. The zero-order valence-corrected chi connectivity index (χ0v) is 16.0. The van der Waals surface area contributed by atoms with Gasteiger partial charge in [0.05, 0.1) is 23.1 Å². The highest BCUT2D eigenvalue weighted by Gasteiger charge is 2.28. The molecule has 0 unspecified atom stereocenters. The predicted molar refractivity (Wildman–Crippen MR) is 103 cm³/mol. The maximum absolute atomic E-state index is 12.3. The number of likely N-dealkylation sites (tertiary alicyclic amines) is 1. The van der Waals surface area contributed by atoms with Gasteiger partial charge in [-0.3, -0.25) is 4.98 Å². The minimum Gasteiger partial charge on any atom is -0.444 e. The van der Waals surface area contributed by atoms with Crippen LogP contribution in [0.15, 0.2) is 18.3 Å². The van der Waals surface area contributed by atoms with Gasteiger partial charge in [-0.2, -0.15) is 0 Å². The number of nitrogens with zero attached hydrogens (tertiary/aromatic N) is 3. The summed E-state index contributed by atoms with van der Waals surface area (Å²) in [6.07, 6.45) is 3.11. The fraction of sp³-hybridized carbons (Fsp3) is 0.500. The molecule has 1 amide bonds. The van der Waals surface area contributed by atoms with Crippen molar-refractivity contribution < 1.29 is 9.53 Å². The van der Waals surface area contributed by atoms with Gasteiger partial charge in [0, 0.05) is 19.1 Å². The topological polar surface area (TPSA) is 93.4 Å². The number of halogens is 1. The Morgan fingerprint density at radius 2 is 2.19 bits per heavy atom. The van der Waals surface area contributed by atoms with Crippen molar-refractivity contribution in [2.45, 2.75) is 45.3 Å². The van der Waals surface area contributed by atoms with Crippen LogP contribution in [0.2, 0.25) is 5.15 Å². The van der Waals surface area contributed by atoms with E-state index in [9.17, 15) is 4.79 Å². The molecule has 0 radical (unpaired) electrons. The predicted octanol–water partition coefficient (Wildman–Crippen LogP) is 3.68. The number of nitrogens with one attached hydrogen (secondary N) is 1. The Hall–Kier alpha value is -2.28. The number of amides is 1. The van der Waals surface area contributed by atoms with Gasteiger partial charge in [0.25, 0.3) is 0 Å². The summed E-state index contributed by atoms with van der Waals surface area (Å²) in [5.41, 5.74) is 8.16. The largest absolute Gasteiger partial charge is 0.444 e. The second kappa shape index (κ2) is 7.15. The molecular weight excluding hydrogens is 354 g/mol. The smallest absolute Gasteiger partial charge is 0.410 e. The number of aromatic nitrogens is 2. The van der Waals surface area contributed by atoms with Crippen molar-refractivity contribution in [3.8, 4) is 0 Å². The Morgan fingerprint density at radius 3 is 2.92 bits per heavy atom. The fourth-order valence-corrected chi connectivity index (χ4v) is 3.15. The van der Waals surface area contributed by atoms with Crippen LogP contribution >= 0.6 is 11.6 Å². The van der Waals surface area contributed by atoms with Gasteiger partial charge in [-0.05, 0) is 45.7 Å². The Morgan fingerprint density at radius 1 is 1.42 bits per heavy atom. The molecule has 1 atom stereocenters. The van der Waals surface area contributed by atoms with E-state index in [2.05, 4.69) is 15.3 Å². The summed E-state index contributed by atoms with van der Waals surface area (Å²) in [5, 5.41) is 3.81. The first-order valence-electron chi connectivity index (χ1n) is 8.68. The molecule has 1 aliphatic rings. The van der Waals surface area contributed by atoms with Crippen molar-refractivity contribution in [2.24, 2.45) is 0 Å². The molecule has 0 bridgehead atoms. The van der Waals surface area contributed by atoms with Gasteiger partial charge in [0.15, 0.2) is 0 Å². The third kappa shape index (κ3) is 4.27. The molecule has 26 heavy (non-hydrogen) atoms. The lowest BCUT2D eigenvalue weighted by Crippen LogP contribution is -2.47. The van der Waals surface area contributed by atoms with Gasteiger partial charge in [0.2, 0.25) is 0 Å². The first kappa shape index (κ1) is 18.5. The first-order valence-corrected chi connectivity index (χ1v) is 9.06. The maximum Gasteiger partial charge on any atom is 0.410 e. The monoisotopic (exact) mass is 377 g/mol. The van der Waals surface area contributed by atoms with Gasteiger partial charge < -0.3 is 20.7 Å². The van der Waals surface area contributed by atoms with E-state index in [1.807, 2.05) is 26.8 Å². The van der Waals surface area contributed by atoms with Gasteiger partial charge in [-0.1, -0.05) is 11.6 Å². The molecule has 1 saturated heterocycles. The third-order valence-corrected chi connectivity index (χ3v) is 4.34. The summed E-state index contributed by atoms with van der Waals surface area (Å²) >= 11 is 6.04. The van der Waals surface area contributed by atoms with E-state index in [4.69, 9.17) is 22.1 Å². The number of ether oxygens (including phenoxy) is 1. The van der Waals surface area contributed by atoms with Crippen LogP contribution in [0.1, 0.15) is 33.6 Å². The van der Waals surface area contributed by atoms with E-state index >= 15 is 0 Å². The number of rotatable bonds is 2. The Labute approximate surface area is 157 Å². The van der Waals surface area contributed by atoms with Crippen molar-refractivity contribution in [3.05, 3.63) is 23.5 Å². The highest BCUT2D eigenvalue weighted by atomic mass is 35.5. The molecule has 1 fully saturated rings. The molecule has 7 nitrogen and oxygen atoms in total. The number of nitrogen functional groups attached to an aromatic ring is 1. The number of hydrogen-bond acceptors (Lipinski definition) is 6. The molecule has 1 aliphatic heterocycles. The van der Waals surface area contributed by atoms with Gasteiger partial charge >= 0.3 is 6.09 Å². The standard InChI is InChI=1S/C18H24ClN5O2/c1-18(2,3)26-17(25)24-8-4-5-11(10-24)22-15-12(20)9-21-13-6-7-14(19)23-16(13)15/h6-7,9,11H,4-5,8,10,20H2,1-3H3,(H,21,22)/t11-/m0/s1. The molecule has 3 N–H and O–H groups in total. The SMILES string of the molecule is CC(C)(C)OC(=O)N1CCC[C@H](Nc2c(N)cnc3ccc(Cl)nc23)C1. The average molecular weight is 378 g/mol. The Kier molecular flexibility index (Phi) is 5.09. The summed E-state index contributed by atoms with van der Waals surface area (Å²) in [4.78, 5) is 22.7. The zero-order valence-electron chi connectivity index (χ0n) is 15.3. The van der Waals surface area contributed by atoms with Crippen molar-refractivity contribution in [2.75, 3.05) is 24.1 Å². The van der Waals surface area contributed by atoms with E-state index < -0.39 is 5.60 Å². The fourth-order valence-electron chi connectivity index (χ4n) is 3.00. The number of fused-ring (bicyclic) bond motifs is 1. The molecule has 8 heteroatoms. The number of carbonyl (C=O) groups excluding carboxylic acids is 1. The minimum atomic E-state index is -0.510. The van der Waals surface area contributed by atoms with E-state index in [0.29, 0.717) is 40.7 Å². The van der Waals surface area contributed by atoms with Crippen LogP contribution < -0.4 is 11.1 Å². The van der Waals surface area contributed by atoms with Crippen LogP contribution in [0.25, 0.3) is 11.0 Å². The van der Waals surface area contributed by atoms with Gasteiger partial charge in [-0.15, -0.1) is 0 Å². The minimum absolute atomic E-state index is 0.0462. The van der Waals surface area contributed by atoms with E-state index in [-0.39, 0.29) is 12.1 Å². The molecular formula is C18H24ClN5O2. The van der Waals surface area contributed by atoms with E-state index in [0.717, 1.165) is 12.8 Å². The van der Waals surface area contributed by atoms with Crippen LogP contribution in [0, 0.1) is 0 Å². The Bertz CT molecular complexity index is 816. The van der Waals surface area contributed by atoms with Crippen LogP contribution in [0.5, 0.6) is 0 Å². The normalized spacial score (nSPS) is 18.0. The molecule has 0 aromatic carbocycles. The molecule has 0 saturated carbocycles. The summed E-state index contributed by atoms with van der Waals surface area (Å²) < 4.78 is 5.48. The van der Waals surface area contributed by atoms with E-state index in [1.165, 1.54) is 0 Å². The highest BCUT2D eigenvalue weighted by molar-refractivity contribution is 6.29. The number of anilines is 2. The second-order valence-corrected chi connectivity index (χ2v) is 7.89. The third-order valence-electron chi connectivity index (χ3n) is 4.13. The number of piperidine rings is 1. The van der Waals surface area contributed by atoms with Crippen LogP contribution in [-0.4, -0.2) is 45.7 Å². The molecule has 3 heterocycles. The molecule has 2 aromatic heterocycles. The van der Waals surface area contributed by atoms with Crippen molar-refractivity contribution in [3.63, 3.8) is 0 Å².